The fourth-order valence-corrected chi connectivity index (χ4v) is 3.73. The quantitative estimate of drug-likeness (QED) is 0.516. The number of methoxy groups -OCH3 is 1. The Balaban J connectivity index is 1.73. The van der Waals surface area contributed by atoms with Crippen molar-refractivity contribution in [2.24, 2.45) is 0 Å². The first-order valence-electron chi connectivity index (χ1n) is 7.16. The van der Waals surface area contributed by atoms with Gasteiger partial charge in [-0.05, 0) is 48.5 Å². The van der Waals surface area contributed by atoms with Crippen LogP contribution in [0.3, 0.4) is 0 Å². The molecule has 0 spiro atoms. The van der Waals surface area contributed by atoms with E-state index in [1.807, 2.05) is 35.6 Å². The Morgan fingerprint density at radius 1 is 0.773 bits per heavy atom. The van der Waals surface area contributed by atoms with Crippen LogP contribution in [0.25, 0.3) is 20.2 Å². The molecule has 0 aliphatic rings. The van der Waals surface area contributed by atoms with Crippen molar-refractivity contribution >= 4 is 42.9 Å². The minimum Gasteiger partial charge on any atom is -0.497 e. The maximum Gasteiger partial charge on any atom is 0.119 e. The van der Waals surface area contributed by atoms with Crippen molar-refractivity contribution in [2.75, 3.05) is 12.4 Å². The molecule has 108 valence electrons. The maximum absolute atomic E-state index is 5.19. The number of ether oxygens (including phenoxy) is 1. The van der Waals surface area contributed by atoms with Gasteiger partial charge in [-0.3, -0.25) is 0 Å². The highest BCUT2D eigenvalue weighted by Crippen LogP contribution is 2.35. The molecule has 3 aromatic carbocycles. The van der Waals surface area contributed by atoms with Gasteiger partial charge in [0, 0.05) is 31.5 Å². The van der Waals surface area contributed by atoms with Gasteiger partial charge in [0.15, 0.2) is 0 Å². The Labute approximate surface area is 133 Å². The van der Waals surface area contributed by atoms with Gasteiger partial charge < -0.3 is 10.1 Å². The highest BCUT2D eigenvalue weighted by molar-refractivity contribution is 7.25. The highest BCUT2D eigenvalue weighted by Gasteiger charge is 2.05. The number of hydrogen-bond acceptors (Lipinski definition) is 3. The van der Waals surface area contributed by atoms with Crippen LogP contribution in [0.1, 0.15) is 0 Å². The van der Waals surface area contributed by atoms with Crippen LogP contribution in [-0.2, 0) is 0 Å². The summed E-state index contributed by atoms with van der Waals surface area (Å²) in [6, 6.07) is 23.0. The first-order valence-corrected chi connectivity index (χ1v) is 7.97. The van der Waals surface area contributed by atoms with Crippen LogP contribution in [0.4, 0.5) is 11.4 Å². The Hall–Kier alpha value is -2.52. The maximum atomic E-state index is 5.19. The SMILES string of the molecule is COc1ccc(Nc2ccc3sc4ccccc4c3c2)cc1. The number of benzene rings is 3. The molecule has 4 aromatic rings. The lowest BCUT2D eigenvalue weighted by atomic mass is 10.1. The average Bonchev–Trinajstić information content (AvgIpc) is 2.94. The monoisotopic (exact) mass is 305 g/mol. The number of hydrogen-bond donors (Lipinski definition) is 1. The number of nitrogens with one attached hydrogen (secondary N) is 1. The van der Waals surface area contributed by atoms with Gasteiger partial charge >= 0.3 is 0 Å². The van der Waals surface area contributed by atoms with Crippen LogP contribution in [0, 0.1) is 0 Å². The van der Waals surface area contributed by atoms with Gasteiger partial charge in [-0.2, -0.15) is 0 Å². The molecule has 3 heteroatoms. The van der Waals surface area contributed by atoms with Gasteiger partial charge in [0.1, 0.15) is 5.75 Å². The molecule has 0 aliphatic heterocycles. The zero-order valence-electron chi connectivity index (χ0n) is 12.2. The second-order valence-electron chi connectivity index (χ2n) is 5.16. The Kier molecular flexibility index (Phi) is 3.20. The second-order valence-corrected chi connectivity index (χ2v) is 6.25. The summed E-state index contributed by atoms with van der Waals surface area (Å²) >= 11 is 1.84. The van der Waals surface area contributed by atoms with Crippen LogP contribution < -0.4 is 10.1 Å². The summed E-state index contributed by atoms with van der Waals surface area (Å²) in [5, 5.41) is 6.08. The normalized spacial score (nSPS) is 11.0. The summed E-state index contributed by atoms with van der Waals surface area (Å²) in [5.41, 5.74) is 2.15. The van der Waals surface area contributed by atoms with E-state index in [1.54, 1.807) is 7.11 Å². The summed E-state index contributed by atoms with van der Waals surface area (Å²) in [5.74, 6) is 0.866. The van der Waals surface area contributed by atoms with Crippen LogP contribution in [0.5, 0.6) is 5.75 Å². The van der Waals surface area contributed by atoms with Crippen molar-refractivity contribution in [1.29, 1.82) is 0 Å². The minimum atomic E-state index is 0.866. The second kappa shape index (κ2) is 5.35. The Bertz CT molecular complexity index is 941. The summed E-state index contributed by atoms with van der Waals surface area (Å²) in [4.78, 5) is 0. The van der Waals surface area contributed by atoms with Crippen molar-refractivity contribution in [1.82, 2.24) is 0 Å². The molecule has 0 radical (unpaired) electrons. The zero-order chi connectivity index (χ0) is 14.9. The lowest BCUT2D eigenvalue weighted by Gasteiger charge is -2.07. The molecular weight excluding hydrogens is 290 g/mol. The molecule has 22 heavy (non-hydrogen) atoms. The van der Waals surface area contributed by atoms with Gasteiger partial charge in [-0.1, -0.05) is 18.2 Å². The van der Waals surface area contributed by atoms with Gasteiger partial charge in [0.25, 0.3) is 0 Å². The predicted molar refractivity (Wildman–Crippen MR) is 95.6 cm³/mol. The number of anilines is 2. The lowest BCUT2D eigenvalue weighted by Crippen LogP contribution is -1.90. The van der Waals surface area contributed by atoms with Gasteiger partial charge in [0.2, 0.25) is 0 Å². The molecule has 0 fully saturated rings. The van der Waals surface area contributed by atoms with Crippen molar-refractivity contribution < 1.29 is 4.74 Å². The van der Waals surface area contributed by atoms with Crippen LogP contribution >= 0.6 is 11.3 Å². The largest absolute Gasteiger partial charge is 0.497 e. The van der Waals surface area contributed by atoms with Crippen LogP contribution in [-0.4, -0.2) is 7.11 Å². The molecule has 0 saturated heterocycles. The van der Waals surface area contributed by atoms with Gasteiger partial charge in [-0.25, -0.2) is 0 Å². The van der Waals surface area contributed by atoms with E-state index in [0.717, 1.165) is 17.1 Å². The van der Waals surface area contributed by atoms with Crippen LogP contribution in [0.2, 0.25) is 0 Å². The number of thiophene rings is 1. The fraction of sp³-hybridized carbons (Fsp3) is 0.0526. The van der Waals surface area contributed by atoms with Gasteiger partial charge in [-0.15, -0.1) is 11.3 Å². The van der Waals surface area contributed by atoms with E-state index in [9.17, 15) is 0 Å². The molecule has 0 saturated carbocycles. The summed E-state index contributed by atoms with van der Waals surface area (Å²) in [6.45, 7) is 0. The van der Waals surface area contributed by atoms with Crippen molar-refractivity contribution in [3.05, 3.63) is 66.7 Å². The topological polar surface area (TPSA) is 21.3 Å². The number of rotatable bonds is 3. The molecule has 0 unspecified atom stereocenters. The minimum absolute atomic E-state index is 0.866. The molecular formula is C19H15NOS. The molecule has 0 aliphatic carbocycles. The van der Waals surface area contributed by atoms with Crippen LogP contribution in [0.15, 0.2) is 66.7 Å². The lowest BCUT2D eigenvalue weighted by molar-refractivity contribution is 0.415. The standard InChI is InChI=1S/C19H15NOS/c1-21-15-9-6-13(7-10-15)20-14-8-11-19-17(12-14)16-4-2-3-5-18(16)22-19/h2-12,20H,1H3. The predicted octanol–water partition coefficient (Wildman–Crippen LogP) is 5.81. The van der Waals surface area contributed by atoms with E-state index in [1.165, 1.54) is 20.2 Å². The third-order valence-electron chi connectivity index (χ3n) is 3.76. The fourth-order valence-electron chi connectivity index (χ4n) is 2.64. The van der Waals surface area contributed by atoms with E-state index in [-0.39, 0.29) is 0 Å². The highest BCUT2D eigenvalue weighted by atomic mass is 32.1. The molecule has 1 aromatic heterocycles. The molecule has 0 bridgehead atoms. The van der Waals surface area contributed by atoms with E-state index in [0.29, 0.717) is 0 Å². The average molecular weight is 305 g/mol. The first-order chi connectivity index (χ1) is 10.8. The third-order valence-corrected chi connectivity index (χ3v) is 4.91. The van der Waals surface area contributed by atoms with E-state index in [2.05, 4.69) is 47.8 Å². The van der Waals surface area contributed by atoms with Crippen molar-refractivity contribution in [2.45, 2.75) is 0 Å². The smallest absolute Gasteiger partial charge is 0.119 e. The zero-order valence-corrected chi connectivity index (χ0v) is 13.0. The van der Waals surface area contributed by atoms with E-state index in [4.69, 9.17) is 4.74 Å². The molecule has 0 amide bonds. The van der Waals surface area contributed by atoms with Gasteiger partial charge in [0.05, 0.1) is 7.11 Å². The molecule has 0 atom stereocenters. The molecule has 2 nitrogen and oxygen atoms in total. The summed E-state index contributed by atoms with van der Waals surface area (Å²) < 4.78 is 7.84. The molecule has 1 heterocycles. The summed E-state index contributed by atoms with van der Waals surface area (Å²) in [7, 11) is 1.68. The number of fused-ring (bicyclic) bond motifs is 3. The summed E-state index contributed by atoms with van der Waals surface area (Å²) in [6.07, 6.45) is 0. The van der Waals surface area contributed by atoms with Crippen molar-refractivity contribution in [3.8, 4) is 5.75 Å². The molecule has 4 rings (SSSR count). The Morgan fingerprint density at radius 3 is 2.32 bits per heavy atom. The molecule has 1 N–H and O–H groups in total. The third kappa shape index (κ3) is 2.30. The van der Waals surface area contributed by atoms with E-state index >= 15 is 0 Å². The first kappa shape index (κ1) is 13.2. The van der Waals surface area contributed by atoms with Crippen molar-refractivity contribution in [3.63, 3.8) is 0 Å². The Morgan fingerprint density at radius 2 is 1.50 bits per heavy atom. The van der Waals surface area contributed by atoms with E-state index < -0.39 is 0 Å².